The van der Waals surface area contributed by atoms with Crippen molar-refractivity contribution < 1.29 is 26.7 Å². The Labute approximate surface area is 210 Å². The Kier molecular flexibility index (Phi) is 5.93. The van der Waals surface area contributed by atoms with Crippen molar-refractivity contribution in [2.45, 2.75) is 50.7 Å². The van der Waals surface area contributed by atoms with Crippen LogP contribution in [0.25, 0.3) is 0 Å². The molecule has 11 heteroatoms. The molecule has 0 unspecified atom stereocenters. The third-order valence-electron chi connectivity index (χ3n) is 8.01. The number of amides is 1. The van der Waals surface area contributed by atoms with Crippen molar-refractivity contribution in [2.75, 3.05) is 25.5 Å². The molecule has 2 aliphatic carbocycles. The summed E-state index contributed by atoms with van der Waals surface area (Å²) in [7, 11) is 2.00. The predicted molar refractivity (Wildman–Crippen MR) is 128 cm³/mol. The van der Waals surface area contributed by atoms with Crippen molar-refractivity contribution in [3.8, 4) is 0 Å². The van der Waals surface area contributed by atoms with Crippen molar-refractivity contribution in [2.24, 2.45) is 17.8 Å². The normalized spacial score (nSPS) is 28.9. The summed E-state index contributed by atoms with van der Waals surface area (Å²) in [5.74, 6) is -8.73. The van der Waals surface area contributed by atoms with E-state index in [0.717, 1.165) is 36.0 Å². The number of hydrogen-bond acceptors (Lipinski definition) is 4. The van der Waals surface area contributed by atoms with Crippen molar-refractivity contribution in [3.63, 3.8) is 0 Å². The van der Waals surface area contributed by atoms with E-state index in [2.05, 4.69) is 15.5 Å². The molecule has 2 heterocycles. The summed E-state index contributed by atoms with van der Waals surface area (Å²) in [5.41, 5.74) is -1.43. The lowest BCUT2D eigenvalue weighted by Gasteiger charge is -2.21. The van der Waals surface area contributed by atoms with Crippen LogP contribution < -0.4 is 16.2 Å². The van der Waals surface area contributed by atoms with E-state index in [1.807, 2.05) is 7.05 Å². The van der Waals surface area contributed by atoms with Crippen molar-refractivity contribution in [1.82, 2.24) is 14.8 Å². The van der Waals surface area contributed by atoms with Gasteiger partial charge >= 0.3 is 0 Å². The molecule has 3 fully saturated rings. The first kappa shape index (κ1) is 25.7. The van der Waals surface area contributed by atoms with Crippen LogP contribution in [0.3, 0.4) is 0 Å². The van der Waals surface area contributed by atoms with Crippen LogP contribution in [0.4, 0.5) is 27.6 Å². The van der Waals surface area contributed by atoms with E-state index in [4.69, 9.17) is 0 Å². The van der Waals surface area contributed by atoms with Gasteiger partial charge in [0.05, 0.1) is 22.9 Å². The summed E-state index contributed by atoms with van der Waals surface area (Å²) in [6, 6.07) is 2.36. The van der Waals surface area contributed by atoms with Crippen molar-refractivity contribution in [3.05, 3.63) is 63.3 Å². The lowest BCUT2D eigenvalue weighted by Crippen LogP contribution is -2.32. The molecule has 37 heavy (non-hydrogen) atoms. The van der Waals surface area contributed by atoms with Crippen molar-refractivity contribution >= 4 is 11.6 Å². The van der Waals surface area contributed by atoms with Gasteiger partial charge in [0.15, 0.2) is 0 Å². The second-order valence-electron chi connectivity index (χ2n) is 10.8. The van der Waals surface area contributed by atoms with E-state index in [0.29, 0.717) is 18.8 Å². The Hall–Kier alpha value is -2.95. The van der Waals surface area contributed by atoms with Crippen LogP contribution in [0, 0.1) is 23.6 Å². The number of hydrogen-bond donors (Lipinski definition) is 2. The van der Waals surface area contributed by atoms with Crippen LogP contribution in [0.2, 0.25) is 0 Å². The Morgan fingerprint density at radius 2 is 1.84 bits per heavy atom. The van der Waals surface area contributed by atoms with E-state index in [1.165, 1.54) is 26.0 Å². The first-order chi connectivity index (χ1) is 17.2. The van der Waals surface area contributed by atoms with Gasteiger partial charge in [-0.05, 0) is 25.8 Å². The van der Waals surface area contributed by atoms with Gasteiger partial charge in [-0.1, -0.05) is 25.1 Å². The number of benzene rings is 1. The predicted octanol–water partition coefficient (Wildman–Crippen LogP) is 4.39. The molecule has 2 aromatic rings. The van der Waals surface area contributed by atoms with Gasteiger partial charge in [0.1, 0.15) is 11.9 Å². The number of halogens is 5. The highest BCUT2D eigenvalue weighted by molar-refractivity contribution is 5.99. The second-order valence-corrected chi connectivity index (χ2v) is 10.8. The third kappa shape index (κ3) is 4.41. The number of carbonyl (C=O) groups excluding carboxylic acids is 1. The maximum atomic E-state index is 14.9. The number of alkyl halides is 4. The molecule has 6 atom stereocenters. The molecule has 1 aromatic carbocycles. The van der Waals surface area contributed by atoms with E-state index < -0.39 is 52.7 Å². The van der Waals surface area contributed by atoms with Crippen LogP contribution in [0.15, 0.2) is 35.3 Å². The molecule has 0 bridgehead atoms. The molecular formula is C26H29F5N4O2. The van der Waals surface area contributed by atoms with Crippen LogP contribution in [0.5, 0.6) is 0 Å². The SMILES string of the molecule is C[C@@H]1[C@@H](n2cc(C(=O)N[C@H](C)c3cccc(C(C)(F)F)c3F)c(N[C@@H]3[C@@H]4CN(C)C[C@@H]43)cc2=O)C1(F)F. The minimum atomic E-state index is -3.42. The number of anilines is 1. The lowest BCUT2D eigenvalue weighted by atomic mass is 10.0. The van der Waals surface area contributed by atoms with Gasteiger partial charge in [-0.25, -0.2) is 22.0 Å². The summed E-state index contributed by atoms with van der Waals surface area (Å²) in [6.07, 6.45) is 1.12. The molecular weight excluding hydrogens is 495 g/mol. The first-order valence-corrected chi connectivity index (χ1v) is 12.3. The molecule has 2 N–H and O–H groups in total. The number of pyridine rings is 1. The molecule has 0 spiro atoms. The molecule has 6 nitrogen and oxygen atoms in total. The summed E-state index contributed by atoms with van der Waals surface area (Å²) >= 11 is 0. The van der Waals surface area contributed by atoms with E-state index in [9.17, 15) is 31.5 Å². The standard InChI is InChI=1S/C26H29F5N4O2/c1-12-23(26(12,30)31)35-11-17(19(8-20(35)36)33-22-15-9-34(4)10-16(15)22)24(37)32-13(2)14-6-5-7-18(21(14)27)25(3,28)29/h5-8,11-13,15-16,22-23,33H,9-10H2,1-4H3,(H,32,37)/t12-,13-,15-,16+,22-,23-/m1/s1. The number of nitrogens with one attached hydrogen (secondary N) is 2. The summed E-state index contributed by atoms with van der Waals surface area (Å²) in [4.78, 5) is 28.3. The Bertz CT molecular complexity index is 1290. The molecule has 1 amide bonds. The zero-order valence-electron chi connectivity index (χ0n) is 20.9. The van der Waals surface area contributed by atoms with E-state index >= 15 is 0 Å². The Morgan fingerprint density at radius 3 is 2.41 bits per heavy atom. The fourth-order valence-electron chi connectivity index (χ4n) is 5.66. The molecule has 2 saturated carbocycles. The average molecular weight is 525 g/mol. The second kappa shape index (κ2) is 8.54. The Balaban J connectivity index is 1.45. The van der Waals surface area contributed by atoms with Crippen molar-refractivity contribution in [1.29, 1.82) is 0 Å². The van der Waals surface area contributed by atoms with Crippen LogP contribution >= 0.6 is 0 Å². The highest BCUT2D eigenvalue weighted by atomic mass is 19.3. The molecule has 200 valence electrons. The maximum absolute atomic E-state index is 14.9. The zero-order chi connectivity index (χ0) is 27.0. The third-order valence-corrected chi connectivity index (χ3v) is 8.01. The van der Waals surface area contributed by atoms with Gasteiger partial charge in [0, 0.05) is 49.8 Å². The van der Waals surface area contributed by atoms with Crippen LogP contribution in [-0.4, -0.2) is 47.5 Å². The van der Waals surface area contributed by atoms with Gasteiger partial charge in [-0.2, -0.15) is 0 Å². The fraction of sp³-hybridized carbons (Fsp3) is 0.538. The number of piperidine rings is 1. The van der Waals surface area contributed by atoms with E-state index in [1.54, 1.807) is 0 Å². The molecule has 5 rings (SSSR count). The molecule has 1 saturated heterocycles. The monoisotopic (exact) mass is 524 g/mol. The highest BCUT2D eigenvalue weighted by Crippen LogP contribution is 2.58. The molecule has 0 radical (unpaired) electrons. The van der Waals surface area contributed by atoms with Gasteiger partial charge in [-0.15, -0.1) is 0 Å². The van der Waals surface area contributed by atoms with E-state index in [-0.39, 0.29) is 22.9 Å². The van der Waals surface area contributed by atoms with Gasteiger partial charge < -0.3 is 20.1 Å². The minimum absolute atomic E-state index is 0.0395. The summed E-state index contributed by atoms with van der Waals surface area (Å²) in [6.45, 7) is 5.07. The fourth-order valence-corrected chi connectivity index (χ4v) is 5.66. The quantitative estimate of drug-likeness (QED) is 0.528. The smallest absolute Gasteiger partial charge is 0.273 e. The molecule has 1 aromatic heterocycles. The number of nitrogens with zero attached hydrogens (tertiary/aromatic N) is 2. The Morgan fingerprint density at radius 1 is 1.22 bits per heavy atom. The largest absolute Gasteiger partial charge is 0.381 e. The van der Waals surface area contributed by atoms with Gasteiger partial charge in [0.25, 0.3) is 23.3 Å². The maximum Gasteiger partial charge on any atom is 0.273 e. The number of rotatable bonds is 7. The van der Waals surface area contributed by atoms with Gasteiger partial charge in [0.2, 0.25) is 0 Å². The topological polar surface area (TPSA) is 66.4 Å². The molecule has 3 aliphatic rings. The average Bonchev–Trinajstić information content (AvgIpc) is 3.47. The first-order valence-electron chi connectivity index (χ1n) is 12.3. The van der Waals surface area contributed by atoms with Crippen LogP contribution in [-0.2, 0) is 5.92 Å². The highest BCUT2D eigenvalue weighted by Gasteiger charge is 2.67. The van der Waals surface area contributed by atoms with Gasteiger partial charge in [-0.3, -0.25) is 9.59 Å². The summed E-state index contributed by atoms with van der Waals surface area (Å²) < 4.78 is 71.6. The molecule has 1 aliphatic heterocycles. The minimum Gasteiger partial charge on any atom is -0.381 e. The zero-order valence-corrected chi connectivity index (χ0v) is 20.9. The summed E-state index contributed by atoms with van der Waals surface area (Å²) in [5, 5.41) is 5.83. The number of likely N-dealkylation sites (tertiary alicyclic amines) is 1. The number of aromatic nitrogens is 1. The lowest BCUT2D eigenvalue weighted by molar-refractivity contribution is 0.0135. The number of fused-ring (bicyclic) bond motifs is 1. The number of carbonyl (C=O) groups is 1. The van der Waals surface area contributed by atoms with Crippen LogP contribution in [0.1, 0.15) is 54.3 Å².